The highest BCUT2D eigenvalue weighted by Gasteiger charge is 2.14. The van der Waals surface area contributed by atoms with Crippen molar-refractivity contribution >= 4 is 22.2 Å². The number of rotatable bonds is 4. The molecular weight excluding hydrogens is 348 g/mol. The number of anilines is 1. The Kier molecular flexibility index (Phi) is 4.25. The quantitative estimate of drug-likeness (QED) is 0.554. The molecular formula is C19H14N4O2S. The van der Waals surface area contributed by atoms with Crippen LogP contribution >= 0.6 is 11.3 Å². The molecule has 26 heavy (non-hydrogen) atoms. The third-order valence-electron chi connectivity index (χ3n) is 3.92. The van der Waals surface area contributed by atoms with Crippen LogP contribution < -0.4 is 14.9 Å². The van der Waals surface area contributed by atoms with Gasteiger partial charge >= 0.3 is 0 Å². The summed E-state index contributed by atoms with van der Waals surface area (Å²) >= 11 is 1.47. The van der Waals surface area contributed by atoms with E-state index in [4.69, 9.17) is 14.7 Å². The molecule has 0 amide bonds. The summed E-state index contributed by atoms with van der Waals surface area (Å²) in [6.45, 7) is 2.17. The number of hydrogen-bond acceptors (Lipinski definition) is 7. The van der Waals surface area contributed by atoms with Crippen LogP contribution in [0.5, 0.6) is 11.5 Å². The van der Waals surface area contributed by atoms with Crippen molar-refractivity contribution in [3.05, 3.63) is 59.0 Å². The lowest BCUT2D eigenvalue weighted by Gasteiger charge is -2.03. The second-order valence-corrected chi connectivity index (χ2v) is 6.46. The van der Waals surface area contributed by atoms with Crippen LogP contribution in [0.25, 0.3) is 11.3 Å². The van der Waals surface area contributed by atoms with E-state index in [9.17, 15) is 0 Å². The van der Waals surface area contributed by atoms with Gasteiger partial charge in [0.25, 0.3) is 0 Å². The van der Waals surface area contributed by atoms with Crippen LogP contribution in [-0.2, 0) is 0 Å². The van der Waals surface area contributed by atoms with Gasteiger partial charge in [-0.3, -0.25) is 5.43 Å². The van der Waals surface area contributed by atoms with Crippen molar-refractivity contribution in [3.63, 3.8) is 0 Å². The number of aromatic nitrogens is 1. The Labute approximate surface area is 154 Å². The molecule has 0 spiro atoms. The van der Waals surface area contributed by atoms with Gasteiger partial charge in [-0.15, -0.1) is 11.3 Å². The summed E-state index contributed by atoms with van der Waals surface area (Å²) in [5.41, 5.74) is 7.20. The van der Waals surface area contributed by atoms with Crippen LogP contribution in [0, 0.1) is 11.3 Å². The van der Waals surface area contributed by atoms with Gasteiger partial charge in [-0.1, -0.05) is 12.1 Å². The normalized spacial score (nSPS) is 12.7. The Hall–Kier alpha value is -3.37. The minimum atomic E-state index is 0.254. The second-order valence-electron chi connectivity index (χ2n) is 5.60. The fourth-order valence-corrected chi connectivity index (χ4v) is 3.15. The summed E-state index contributed by atoms with van der Waals surface area (Å²) in [5, 5.41) is 15.9. The molecule has 3 aromatic rings. The van der Waals surface area contributed by atoms with E-state index in [1.54, 1.807) is 12.1 Å². The van der Waals surface area contributed by atoms with Gasteiger partial charge in [0, 0.05) is 16.5 Å². The van der Waals surface area contributed by atoms with Gasteiger partial charge in [-0.25, -0.2) is 4.98 Å². The van der Waals surface area contributed by atoms with Gasteiger partial charge in [0.15, 0.2) is 11.5 Å². The maximum atomic E-state index is 8.87. The molecule has 0 aliphatic carbocycles. The van der Waals surface area contributed by atoms with Crippen LogP contribution in [0.4, 0.5) is 5.13 Å². The number of hydrazone groups is 1. The van der Waals surface area contributed by atoms with E-state index in [0.717, 1.165) is 34.0 Å². The number of nitriles is 1. The third-order valence-corrected chi connectivity index (χ3v) is 4.67. The molecule has 0 atom stereocenters. The van der Waals surface area contributed by atoms with Crippen LogP contribution in [0.2, 0.25) is 0 Å². The van der Waals surface area contributed by atoms with Crippen molar-refractivity contribution < 1.29 is 9.47 Å². The maximum absolute atomic E-state index is 8.87. The molecule has 4 rings (SSSR count). The summed E-state index contributed by atoms with van der Waals surface area (Å²) in [5.74, 6) is 1.48. The zero-order chi connectivity index (χ0) is 17.9. The first kappa shape index (κ1) is 16.1. The Balaban J connectivity index is 1.48. The standard InChI is InChI=1S/C19H14N4O2S/c1-12(15-6-7-17-18(8-15)25-11-24-17)22-23-19-21-16(10-26-19)14-4-2-13(9-20)3-5-14/h2-8,10H,11H2,1H3,(H,21,23)/b22-12+. The Bertz CT molecular complexity index is 1020. The van der Waals surface area contributed by atoms with E-state index in [1.165, 1.54) is 11.3 Å². The fraction of sp³-hybridized carbons (Fsp3) is 0.105. The van der Waals surface area contributed by atoms with Crippen molar-refractivity contribution in [1.29, 1.82) is 5.26 Å². The first-order chi connectivity index (χ1) is 12.7. The number of thiazole rings is 1. The Morgan fingerprint density at radius 1 is 1.19 bits per heavy atom. The lowest BCUT2D eigenvalue weighted by Crippen LogP contribution is -1.99. The smallest absolute Gasteiger partial charge is 0.231 e. The van der Waals surface area contributed by atoms with Crippen LogP contribution in [0.15, 0.2) is 52.9 Å². The van der Waals surface area contributed by atoms with Crippen LogP contribution in [0.1, 0.15) is 18.1 Å². The SMILES string of the molecule is C/C(=N\Nc1nc(-c2ccc(C#N)cc2)cs1)c1ccc2c(c1)OCO2. The second kappa shape index (κ2) is 6.86. The van der Waals surface area contributed by atoms with Crippen molar-refractivity contribution in [2.45, 2.75) is 6.92 Å². The van der Waals surface area contributed by atoms with Crippen molar-refractivity contribution in [3.8, 4) is 28.8 Å². The summed E-state index contributed by atoms with van der Waals surface area (Å²) in [4.78, 5) is 4.53. The fourth-order valence-electron chi connectivity index (χ4n) is 2.49. The largest absolute Gasteiger partial charge is 0.454 e. The zero-order valence-electron chi connectivity index (χ0n) is 13.9. The van der Waals surface area contributed by atoms with Crippen molar-refractivity contribution in [1.82, 2.24) is 4.98 Å². The van der Waals surface area contributed by atoms with Crippen molar-refractivity contribution in [2.24, 2.45) is 5.10 Å². The van der Waals surface area contributed by atoms with Gasteiger partial charge in [-0.05, 0) is 37.3 Å². The molecule has 7 heteroatoms. The van der Waals surface area contributed by atoms with E-state index in [2.05, 4.69) is 21.6 Å². The number of fused-ring (bicyclic) bond motifs is 1. The Morgan fingerprint density at radius 3 is 2.81 bits per heavy atom. The molecule has 1 aromatic heterocycles. The minimum absolute atomic E-state index is 0.254. The predicted octanol–water partition coefficient (Wildman–Crippen LogP) is 4.25. The molecule has 1 aliphatic rings. The highest BCUT2D eigenvalue weighted by Crippen LogP contribution is 2.32. The average molecular weight is 362 g/mol. The molecule has 6 nitrogen and oxygen atoms in total. The number of hydrogen-bond donors (Lipinski definition) is 1. The highest BCUT2D eigenvalue weighted by atomic mass is 32.1. The molecule has 0 saturated heterocycles. The van der Waals surface area contributed by atoms with E-state index >= 15 is 0 Å². The predicted molar refractivity (Wildman–Crippen MR) is 101 cm³/mol. The van der Waals surface area contributed by atoms with Gasteiger partial charge < -0.3 is 9.47 Å². The molecule has 1 N–H and O–H groups in total. The minimum Gasteiger partial charge on any atom is -0.454 e. The van der Waals surface area contributed by atoms with E-state index in [1.807, 2.05) is 42.6 Å². The molecule has 2 aromatic carbocycles. The molecule has 0 saturated carbocycles. The zero-order valence-corrected chi connectivity index (χ0v) is 14.7. The molecule has 0 unspecified atom stereocenters. The van der Waals surface area contributed by atoms with E-state index in [-0.39, 0.29) is 6.79 Å². The van der Waals surface area contributed by atoms with Gasteiger partial charge in [0.1, 0.15) is 0 Å². The third kappa shape index (κ3) is 3.23. The maximum Gasteiger partial charge on any atom is 0.231 e. The van der Waals surface area contributed by atoms with Gasteiger partial charge in [-0.2, -0.15) is 10.4 Å². The van der Waals surface area contributed by atoms with Crippen LogP contribution in [-0.4, -0.2) is 17.5 Å². The van der Waals surface area contributed by atoms with E-state index in [0.29, 0.717) is 10.7 Å². The number of nitrogens with zero attached hydrogens (tertiary/aromatic N) is 3. The summed E-state index contributed by atoms with van der Waals surface area (Å²) in [7, 11) is 0. The van der Waals surface area contributed by atoms with Crippen LogP contribution in [0.3, 0.4) is 0 Å². The number of ether oxygens (including phenoxy) is 2. The number of nitrogens with one attached hydrogen (secondary N) is 1. The lowest BCUT2D eigenvalue weighted by molar-refractivity contribution is 0.174. The monoisotopic (exact) mass is 362 g/mol. The van der Waals surface area contributed by atoms with Crippen molar-refractivity contribution in [2.75, 3.05) is 12.2 Å². The highest BCUT2D eigenvalue weighted by molar-refractivity contribution is 7.14. The Morgan fingerprint density at radius 2 is 2.00 bits per heavy atom. The first-order valence-corrected chi connectivity index (χ1v) is 8.77. The molecule has 0 bridgehead atoms. The molecule has 2 heterocycles. The topological polar surface area (TPSA) is 79.5 Å². The van der Waals surface area contributed by atoms with Gasteiger partial charge in [0.05, 0.1) is 23.0 Å². The molecule has 128 valence electrons. The lowest BCUT2D eigenvalue weighted by atomic mass is 10.1. The van der Waals surface area contributed by atoms with E-state index < -0.39 is 0 Å². The summed E-state index contributed by atoms with van der Waals surface area (Å²) < 4.78 is 10.7. The summed E-state index contributed by atoms with van der Waals surface area (Å²) in [6.07, 6.45) is 0. The average Bonchev–Trinajstić information content (AvgIpc) is 3.35. The first-order valence-electron chi connectivity index (χ1n) is 7.89. The molecule has 1 aliphatic heterocycles. The summed E-state index contributed by atoms with van der Waals surface area (Å²) in [6, 6.07) is 15.2. The number of benzene rings is 2. The van der Waals surface area contributed by atoms with Gasteiger partial charge in [0.2, 0.25) is 11.9 Å². The molecule has 0 fully saturated rings. The molecule has 0 radical (unpaired) electrons.